The molecule has 7 nitrogen and oxygen atoms in total. The number of nitrogens with one attached hydrogen (secondary N) is 1. The van der Waals surface area contributed by atoms with Crippen LogP contribution in [-0.2, 0) is 14.3 Å². The molecule has 0 saturated heterocycles. The Morgan fingerprint density at radius 2 is 1.62 bits per heavy atom. The maximum Gasteiger partial charge on any atom is 0.407 e. The smallest absolute Gasteiger partial charge is 0.407 e. The summed E-state index contributed by atoms with van der Waals surface area (Å²) in [6.45, 7) is 3.43. The fraction of sp³-hybridized carbons (Fsp3) is 0.400. The lowest BCUT2D eigenvalue weighted by atomic mass is 9.98. The molecule has 0 radical (unpaired) electrons. The Hall–Kier alpha value is -3.35. The first kappa shape index (κ1) is 21.9. The van der Waals surface area contributed by atoms with E-state index in [9.17, 15) is 19.5 Å². The minimum Gasteiger partial charge on any atom is -0.480 e. The number of fused-ring (bicyclic) bond motifs is 3. The van der Waals surface area contributed by atoms with E-state index in [-0.39, 0.29) is 24.5 Å². The monoisotopic (exact) mass is 436 g/mol. The normalized spacial score (nSPS) is 16.4. The summed E-state index contributed by atoms with van der Waals surface area (Å²) in [7, 11) is 0. The van der Waals surface area contributed by atoms with Crippen molar-refractivity contribution < 1.29 is 24.2 Å². The predicted octanol–water partition coefficient (Wildman–Crippen LogP) is 3.77. The Morgan fingerprint density at radius 3 is 2.12 bits per heavy atom. The van der Waals surface area contributed by atoms with Crippen LogP contribution in [0, 0.1) is 0 Å². The molecular weight excluding hydrogens is 408 g/mol. The van der Waals surface area contributed by atoms with Crippen LogP contribution in [0.3, 0.4) is 0 Å². The van der Waals surface area contributed by atoms with Gasteiger partial charge < -0.3 is 20.1 Å². The van der Waals surface area contributed by atoms with E-state index < -0.39 is 24.1 Å². The molecule has 4 rings (SSSR count). The molecule has 0 spiro atoms. The molecule has 2 aromatic carbocycles. The zero-order chi connectivity index (χ0) is 22.8. The number of carboxylic acids is 1. The molecule has 2 aliphatic carbocycles. The van der Waals surface area contributed by atoms with Gasteiger partial charge in [0.2, 0.25) is 5.91 Å². The van der Waals surface area contributed by atoms with Crippen LogP contribution in [0.4, 0.5) is 4.79 Å². The van der Waals surface area contributed by atoms with Gasteiger partial charge in [0, 0.05) is 12.0 Å². The molecule has 1 saturated carbocycles. The minimum atomic E-state index is -1.05. The van der Waals surface area contributed by atoms with Gasteiger partial charge in [-0.05, 0) is 48.4 Å². The van der Waals surface area contributed by atoms with Gasteiger partial charge in [0.05, 0.1) is 0 Å². The first-order valence-corrected chi connectivity index (χ1v) is 11.1. The van der Waals surface area contributed by atoms with Crippen molar-refractivity contribution in [3.8, 4) is 11.1 Å². The number of rotatable bonds is 8. The van der Waals surface area contributed by atoms with Crippen molar-refractivity contribution in [2.45, 2.75) is 57.2 Å². The highest BCUT2D eigenvalue weighted by Crippen LogP contribution is 2.44. The average molecular weight is 437 g/mol. The second-order valence-electron chi connectivity index (χ2n) is 8.42. The molecule has 0 aromatic heterocycles. The fourth-order valence-electron chi connectivity index (χ4n) is 4.46. The van der Waals surface area contributed by atoms with Crippen LogP contribution < -0.4 is 5.32 Å². The van der Waals surface area contributed by atoms with Gasteiger partial charge in [-0.3, -0.25) is 4.79 Å². The van der Waals surface area contributed by atoms with E-state index in [0.29, 0.717) is 6.42 Å². The number of carbonyl (C=O) groups excluding carboxylic acids is 2. The summed E-state index contributed by atoms with van der Waals surface area (Å²) in [6.07, 6.45) is 1.24. The van der Waals surface area contributed by atoms with Gasteiger partial charge in [-0.1, -0.05) is 55.5 Å². The van der Waals surface area contributed by atoms with Gasteiger partial charge in [0.1, 0.15) is 18.7 Å². The van der Waals surface area contributed by atoms with Crippen molar-refractivity contribution in [3.05, 3.63) is 59.7 Å². The van der Waals surface area contributed by atoms with Crippen LogP contribution in [0.2, 0.25) is 0 Å². The number of alkyl carbamates (subject to hydrolysis) is 1. The number of ether oxygens (including phenoxy) is 1. The lowest BCUT2D eigenvalue weighted by Crippen LogP contribution is -2.53. The number of carbonyl (C=O) groups is 3. The van der Waals surface area contributed by atoms with E-state index in [0.717, 1.165) is 35.1 Å². The summed E-state index contributed by atoms with van der Waals surface area (Å²) < 4.78 is 5.55. The summed E-state index contributed by atoms with van der Waals surface area (Å²) >= 11 is 0. The number of hydrogen-bond acceptors (Lipinski definition) is 4. The second kappa shape index (κ2) is 9.02. The first-order valence-electron chi connectivity index (χ1n) is 11.1. The summed E-state index contributed by atoms with van der Waals surface area (Å²) in [5.74, 6) is -1.50. The van der Waals surface area contributed by atoms with Crippen LogP contribution in [0.15, 0.2) is 48.5 Å². The van der Waals surface area contributed by atoms with Crippen LogP contribution in [0.25, 0.3) is 11.1 Å². The van der Waals surface area contributed by atoms with Crippen molar-refractivity contribution in [2.75, 3.05) is 6.61 Å². The number of aliphatic carboxylic acids is 1. The van der Waals surface area contributed by atoms with Crippen molar-refractivity contribution in [2.24, 2.45) is 0 Å². The Bertz CT molecular complexity index is 987. The first-order chi connectivity index (χ1) is 15.4. The zero-order valence-corrected chi connectivity index (χ0v) is 18.3. The van der Waals surface area contributed by atoms with Gasteiger partial charge in [-0.15, -0.1) is 0 Å². The van der Waals surface area contributed by atoms with Gasteiger partial charge in [0.15, 0.2) is 0 Å². The molecule has 2 unspecified atom stereocenters. The topological polar surface area (TPSA) is 95.9 Å². The number of hydrogen-bond donors (Lipinski definition) is 2. The second-order valence-corrected chi connectivity index (χ2v) is 8.42. The molecule has 2 N–H and O–H groups in total. The molecule has 2 aromatic rings. The third-order valence-corrected chi connectivity index (χ3v) is 6.31. The van der Waals surface area contributed by atoms with Crippen molar-refractivity contribution in [1.82, 2.24) is 10.2 Å². The number of benzene rings is 2. The van der Waals surface area contributed by atoms with Crippen LogP contribution in [0.5, 0.6) is 0 Å². The molecule has 7 heteroatoms. The standard InChI is InChI=1S/C25H28N2O5/c1-3-22(23(28)27(16-12-13-16)15(2)24(29)30)26-25(31)32-14-21-19-10-6-4-8-17(19)18-9-5-7-11-20(18)21/h4-11,15-16,21-22H,3,12-14H2,1-2H3,(H,26,31)(H,29,30). The summed E-state index contributed by atoms with van der Waals surface area (Å²) in [4.78, 5) is 38.5. The van der Waals surface area contributed by atoms with E-state index in [4.69, 9.17) is 4.74 Å². The number of carboxylic acid groups (broad SMARTS) is 1. The van der Waals surface area contributed by atoms with E-state index in [1.165, 1.54) is 11.8 Å². The van der Waals surface area contributed by atoms with E-state index >= 15 is 0 Å². The summed E-state index contributed by atoms with van der Waals surface area (Å²) in [6, 6.07) is 14.3. The zero-order valence-electron chi connectivity index (χ0n) is 18.3. The third-order valence-electron chi connectivity index (χ3n) is 6.31. The molecular formula is C25H28N2O5. The van der Waals surface area contributed by atoms with Gasteiger partial charge in [-0.25, -0.2) is 9.59 Å². The molecule has 32 heavy (non-hydrogen) atoms. The number of amides is 2. The molecule has 0 bridgehead atoms. The summed E-state index contributed by atoms with van der Waals surface area (Å²) in [5.41, 5.74) is 4.50. The van der Waals surface area contributed by atoms with Crippen molar-refractivity contribution in [3.63, 3.8) is 0 Å². The van der Waals surface area contributed by atoms with Gasteiger partial charge in [0.25, 0.3) is 0 Å². The highest BCUT2D eigenvalue weighted by molar-refractivity contribution is 5.89. The maximum absolute atomic E-state index is 13.0. The Morgan fingerprint density at radius 1 is 1.06 bits per heavy atom. The molecule has 2 amide bonds. The minimum absolute atomic E-state index is 0.0704. The lowest BCUT2D eigenvalue weighted by Gasteiger charge is -2.30. The highest BCUT2D eigenvalue weighted by Gasteiger charge is 2.41. The quantitative estimate of drug-likeness (QED) is 0.657. The molecule has 0 aliphatic heterocycles. The molecule has 1 fully saturated rings. The SMILES string of the molecule is CCC(NC(=O)OCC1c2ccccc2-c2ccccc21)C(=O)N(C1CC1)C(C)C(=O)O. The van der Waals surface area contributed by atoms with Gasteiger partial charge >= 0.3 is 12.1 Å². The van der Waals surface area contributed by atoms with Crippen molar-refractivity contribution >= 4 is 18.0 Å². The van der Waals surface area contributed by atoms with E-state index in [2.05, 4.69) is 17.4 Å². The maximum atomic E-state index is 13.0. The Labute approximate surface area is 187 Å². The van der Waals surface area contributed by atoms with Crippen molar-refractivity contribution in [1.29, 1.82) is 0 Å². The average Bonchev–Trinajstić information content (AvgIpc) is 3.58. The lowest BCUT2D eigenvalue weighted by molar-refractivity contribution is -0.150. The highest BCUT2D eigenvalue weighted by atomic mass is 16.5. The van der Waals surface area contributed by atoms with E-state index in [1.54, 1.807) is 6.92 Å². The van der Waals surface area contributed by atoms with Crippen LogP contribution >= 0.6 is 0 Å². The number of nitrogens with zero attached hydrogens (tertiary/aromatic N) is 1. The molecule has 0 heterocycles. The third kappa shape index (κ3) is 4.20. The van der Waals surface area contributed by atoms with E-state index in [1.807, 2.05) is 36.4 Å². The van der Waals surface area contributed by atoms with Gasteiger partial charge in [-0.2, -0.15) is 0 Å². The largest absolute Gasteiger partial charge is 0.480 e. The Kier molecular flexibility index (Phi) is 6.17. The summed E-state index contributed by atoms with van der Waals surface area (Å²) in [5, 5.41) is 12.0. The predicted molar refractivity (Wildman–Crippen MR) is 119 cm³/mol. The van der Waals surface area contributed by atoms with Crippen LogP contribution in [0.1, 0.15) is 50.2 Å². The fourth-order valence-corrected chi connectivity index (χ4v) is 4.46. The molecule has 2 atom stereocenters. The molecule has 168 valence electrons. The molecule has 2 aliphatic rings. The van der Waals surface area contributed by atoms with Crippen LogP contribution in [-0.4, -0.2) is 52.7 Å². The Balaban J connectivity index is 1.42.